The zero-order valence-electron chi connectivity index (χ0n) is 23.9. The van der Waals surface area contributed by atoms with Gasteiger partial charge in [-0.1, -0.05) is 48.9 Å². The number of aliphatic hydroxyl groups excluding tert-OH is 1. The number of carbonyl (C=O) groups excluding carboxylic acids is 1. The van der Waals surface area contributed by atoms with Crippen LogP contribution in [-0.4, -0.2) is 72.5 Å². The Labute approximate surface area is 239 Å². The zero-order chi connectivity index (χ0) is 27.5. The van der Waals surface area contributed by atoms with E-state index in [1.807, 2.05) is 11.8 Å². The third-order valence-corrected chi connectivity index (χ3v) is 9.48. The molecule has 4 aliphatic rings. The van der Waals surface area contributed by atoms with Crippen LogP contribution in [0.1, 0.15) is 74.5 Å². The number of benzene rings is 2. The molecule has 6 heteroatoms. The molecule has 0 unspecified atom stereocenters. The summed E-state index contributed by atoms with van der Waals surface area (Å²) in [7, 11) is 0. The van der Waals surface area contributed by atoms with Gasteiger partial charge >= 0.3 is 0 Å². The maximum absolute atomic E-state index is 13.8. The van der Waals surface area contributed by atoms with Crippen LogP contribution < -0.4 is 0 Å². The Bertz CT molecular complexity index is 1210. The topological polar surface area (TPSA) is 62.2 Å². The third-order valence-electron chi connectivity index (χ3n) is 9.48. The fourth-order valence-corrected chi connectivity index (χ4v) is 7.38. The van der Waals surface area contributed by atoms with Gasteiger partial charge in [-0.05, 0) is 98.9 Å². The van der Waals surface area contributed by atoms with Gasteiger partial charge in [0.05, 0.1) is 0 Å². The standard InChI is InChI=1S/C34H44N2O4/c1-2-39-34-30(11-8-20-37)31(25-12-13-29-26(22-25)21-24-9-4-5-10-28(24)29)23-32(40-34)33(38)36-18-14-27(15-19-36)35-16-6-3-7-17-35/h4-5,9-10,12-13,22-23,27,30-31,34,37H,2-3,6-8,11,14-21H2,1H3/t30-,31-,34-/m0/s1. The van der Waals surface area contributed by atoms with E-state index in [9.17, 15) is 9.90 Å². The van der Waals surface area contributed by atoms with Crippen LogP contribution in [-0.2, 0) is 20.7 Å². The fourth-order valence-electron chi connectivity index (χ4n) is 7.38. The van der Waals surface area contributed by atoms with E-state index in [1.54, 1.807) is 0 Å². The van der Waals surface area contributed by atoms with Gasteiger partial charge in [-0.2, -0.15) is 0 Å². The largest absolute Gasteiger partial charge is 0.459 e. The van der Waals surface area contributed by atoms with E-state index < -0.39 is 6.29 Å². The molecule has 2 fully saturated rings. The molecule has 0 bridgehead atoms. The van der Waals surface area contributed by atoms with Gasteiger partial charge in [-0.15, -0.1) is 0 Å². The number of nitrogens with zero attached hydrogens (tertiary/aromatic N) is 2. The quantitative estimate of drug-likeness (QED) is 0.407. The molecular weight excluding hydrogens is 500 g/mol. The van der Waals surface area contributed by atoms with Crippen LogP contribution in [0.2, 0.25) is 0 Å². The highest BCUT2D eigenvalue weighted by atomic mass is 16.7. The lowest BCUT2D eigenvalue weighted by atomic mass is 9.79. The molecule has 0 radical (unpaired) electrons. The molecule has 0 aromatic heterocycles. The second-order valence-electron chi connectivity index (χ2n) is 11.9. The first-order valence-electron chi connectivity index (χ1n) is 15.5. The summed E-state index contributed by atoms with van der Waals surface area (Å²) in [5.41, 5.74) is 6.51. The molecule has 2 saturated heterocycles. The molecule has 3 heterocycles. The monoisotopic (exact) mass is 544 g/mol. The van der Waals surface area contributed by atoms with Crippen molar-refractivity contribution in [1.29, 1.82) is 0 Å². The summed E-state index contributed by atoms with van der Waals surface area (Å²) < 4.78 is 12.5. The molecule has 6 nitrogen and oxygen atoms in total. The number of amides is 1. The highest BCUT2D eigenvalue weighted by Gasteiger charge is 2.40. The van der Waals surface area contributed by atoms with Gasteiger partial charge < -0.3 is 24.4 Å². The number of piperidine rings is 2. The van der Waals surface area contributed by atoms with Crippen LogP contribution >= 0.6 is 0 Å². The lowest BCUT2D eigenvalue weighted by Crippen LogP contribution is -2.49. The predicted octanol–water partition coefficient (Wildman–Crippen LogP) is 5.48. The van der Waals surface area contributed by atoms with Crippen molar-refractivity contribution in [2.45, 2.75) is 76.5 Å². The molecule has 40 heavy (non-hydrogen) atoms. The molecular formula is C34H44N2O4. The van der Waals surface area contributed by atoms with Crippen LogP contribution in [0.15, 0.2) is 54.3 Å². The molecule has 2 aromatic rings. The van der Waals surface area contributed by atoms with E-state index in [2.05, 4.69) is 53.4 Å². The molecule has 1 aliphatic carbocycles. The van der Waals surface area contributed by atoms with Gasteiger partial charge in [0.1, 0.15) is 0 Å². The van der Waals surface area contributed by atoms with Crippen LogP contribution in [0.5, 0.6) is 0 Å². The van der Waals surface area contributed by atoms with E-state index in [4.69, 9.17) is 9.47 Å². The maximum Gasteiger partial charge on any atom is 0.288 e. The molecule has 214 valence electrons. The number of rotatable bonds is 8. The van der Waals surface area contributed by atoms with Crippen molar-refractivity contribution in [2.75, 3.05) is 39.4 Å². The van der Waals surface area contributed by atoms with Crippen LogP contribution in [0, 0.1) is 5.92 Å². The summed E-state index contributed by atoms with van der Waals surface area (Å²) in [4.78, 5) is 18.5. The van der Waals surface area contributed by atoms with Crippen LogP contribution in [0.3, 0.4) is 0 Å². The average Bonchev–Trinajstić information content (AvgIpc) is 3.38. The van der Waals surface area contributed by atoms with Gasteiger partial charge in [0.2, 0.25) is 6.29 Å². The Morgan fingerprint density at radius 1 is 1.00 bits per heavy atom. The SMILES string of the molecule is CCO[C@H]1OC(C(=O)N2CCC(N3CCCCC3)CC2)=C[C@@H](c2ccc3c(c2)Cc2ccccc2-3)[C@@H]1CCCO. The number of fused-ring (bicyclic) bond motifs is 3. The number of allylic oxidation sites excluding steroid dienone is 1. The van der Waals surface area contributed by atoms with Gasteiger partial charge in [0, 0.05) is 44.2 Å². The van der Waals surface area contributed by atoms with Crippen molar-refractivity contribution in [2.24, 2.45) is 5.92 Å². The molecule has 1 amide bonds. The minimum Gasteiger partial charge on any atom is -0.459 e. The Hall–Kier alpha value is -2.67. The van der Waals surface area contributed by atoms with Gasteiger partial charge in [0.25, 0.3) is 5.91 Å². The first kappa shape index (κ1) is 27.5. The maximum atomic E-state index is 13.8. The fraction of sp³-hybridized carbons (Fsp3) is 0.559. The predicted molar refractivity (Wildman–Crippen MR) is 157 cm³/mol. The lowest BCUT2D eigenvalue weighted by molar-refractivity contribution is -0.171. The minimum atomic E-state index is -0.512. The Morgan fingerprint density at radius 3 is 2.55 bits per heavy atom. The van der Waals surface area contributed by atoms with Crippen LogP contribution in [0.4, 0.5) is 0 Å². The first-order valence-corrected chi connectivity index (χ1v) is 15.5. The second-order valence-corrected chi connectivity index (χ2v) is 11.9. The van der Waals surface area contributed by atoms with Crippen molar-refractivity contribution in [3.8, 4) is 11.1 Å². The van der Waals surface area contributed by atoms with E-state index in [1.165, 1.54) is 60.2 Å². The van der Waals surface area contributed by atoms with Crippen LogP contribution in [0.25, 0.3) is 11.1 Å². The molecule has 0 saturated carbocycles. The number of hydrogen-bond donors (Lipinski definition) is 1. The van der Waals surface area contributed by atoms with Crippen molar-refractivity contribution in [3.05, 3.63) is 71.0 Å². The normalized spacial score (nSPS) is 25.2. The van der Waals surface area contributed by atoms with E-state index in [-0.39, 0.29) is 24.3 Å². The molecule has 1 N–H and O–H groups in total. The molecule has 3 aliphatic heterocycles. The average molecular weight is 545 g/mol. The van der Waals surface area contributed by atoms with Crippen molar-refractivity contribution in [1.82, 2.24) is 9.80 Å². The summed E-state index contributed by atoms with van der Waals surface area (Å²) in [6.07, 6.45) is 9.91. The number of ether oxygens (including phenoxy) is 2. The van der Waals surface area contributed by atoms with Crippen molar-refractivity contribution < 1.29 is 19.4 Å². The molecule has 0 spiro atoms. The number of likely N-dealkylation sites (tertiary alicyclic amines) is 2. The molecule has 3 atom stereocenters. The van der Waals surface area contributed by atoms with Crippen molar-refractivity contribution in [3.63, 3.8) is 0 Å². The van der Waals surface area contributed by atoms with Crippen molar-refractivity contribution >= 4 is 5.91 Å². The Morgan fingerprint density at radius 2 is 1.77 bits per heavy atom. The number of aliphatic hydroxyl groups is 1. The van der Waals surface area contributed by atoms with E-state index in [0.717, 1.165) is 38.8 Å². The Balaban J connectivity index is 1.25. The zero-order valence-corrected chi connectivity index (χ0v) is 23.9. The smallest absolute Gasteiger partial charge is 0.288 e. The summed E-state index contributed by atoms with van der Waals surface area (Å²) in [6, 6.07) is 16.0. The lowest BCUT2D eigenvalue weighted by Gasteiger charge is -2.41. The van der Waals surface area contributed by atoms with E-state index >= 15 is 0 Å². The number of carbonyl (C=O) groups is 1. The van der Waals surface area contributed by atoms with E-state index in [0.29, 0.717) is 24.8 Å². The molecule has 6 rings (SSSR count). The molecule has 2 aromatic carbocycles. The summed E-state index contributed by atoms with van der Waals surface area (Å²) in [5.74, 6) is 0.413. The van der Waals surface area contributed by atoms with Gasteiger partial charge in [-0.3, -0.25) is 4.79 Å². The highest BCUT2D eigenvalue weighted by Crippen LogP contribution is 2.43. The summed E-state index contributed by atoms with van der Waals surface area (Å²) >= 11 is 0. The Kier molecular flexibility index (Phi) is 8.56. The highest BCUT2D eigenvalue weighted by molar-refractivity contribution is 5.92. The summed E-state index contributed by atoms with van der Waals surface area (Å²) in [5, 5.41) is 9.66. The number of hydrogen-bond acceptors (Lipinski definition) is 5. The first-order chi connectivity index (χ1) is 19.7. The third kappa shape index (κ3) is 5.59. The summed E-state index contributed by atoms with van der Waals surface area (Å²) in [6.45, 7) is 6.56. The van der Waals surface area contributed by atoms with Gasteiger partial charge in [-0.25, -0.2) is 0 Å². The second kappa shape index (κ2) is 12.5. The van der Waals surface area contributed by atoms with Gasteiger partial charge in [0.15, 0.2) is 5.76 Å². The minimum absolute atomic E-state index is 0.0130.